The molecule has 0 aliphatic carbocycles. The van der Waals surface area contributed by atoms with Crippen LogP contribution in [0.1, 0.15) is 6.42 Å². The van der Waals surface area contributed by atoms with Crippen molar-refractivity contribution in [2.24, 2.45) is 0 Å². The third-order valence-corrected chi connectivity index (χ3v) is 4.83. The van der Waals surface area contributed by atoms with E-state index in [1.807, 2.05) is 83.5 Å². The Balaban J connectivity index is 1.30. The third-order valence-electron chi connectivity index (χ3n) is 4.83. The quantitative estimate of drug-likeness (QED) is 0.448. The van der Waals surface area contributed by atoms with Crippen molar-refractivity contribution >= 4 is 23.1 Å². The maximum Gasteiger partial charge on any atom is 0.305 e. The van der Waals surface area contributed by atoms with Gasteiger partial charge < -0.3 is 23.7 Å². The van der Waals surface area contributed by atoms with Gasteiger partial charge in [-0.15, -0.1) is 0 Å². The van der Waals surface area contributed by atoms with Gasteiger partial charge in [0.05, 0.1) is 13.0 Å². The topological polar surface area (TPSA) is 80.7 Å². The van der Waals surface area contributed by atoms with Gasteiger partial charge in [-0.2, -0.15) is 4.98 Å². The molecule has 0 spiro atoms. The second-order valence-electron chi connectivity index (χ2n) is 7.04. The Labute approximate surface area is 174 Å². The largest absolute Gasteiger partial charge is 0.492 e. The highest BCUT2D eigenvalue weighted by molar-refractivity contribution is 5.74. The number of fused-ring (bicyclic) bond motifs is 1. The number of oxazole rings is 1. The lowest BCUT2D eigenvalue weighted by Gasteiger charge is -2.15. The highest BCUT2D eigenvalue weighted by Gasteiger charge is 2.10. The molecule has 30 heavy (non-hydrogen) atoms. The molecule has 2 aromatic carbocycles. The number of para-hydroxylation sites is 2. The van der Waals surface area contributed by atoms with Crippen molar-refractivity contribution in [3.63, 3.8) is 0 Å². The summed E-state index contributed by atoms with van der Waals surface area (Å²) in [5.41, 5.74) is 3.71. The van der Waals surface area contributed by atoms with E-state index in [2.05, 4.69) is 4.98 Å². The van der Waals surface area contributed by atoms with Gasteiger partial charge in [0, 0.05) is 26.0 Å². The fourth-order valence-corrected chi connectivity index (χ4v) is 3.14. The van der Waals surface area contributed by atoms with Crippen molar-refractivity contribution in [2.75, 3.05) is 25.1 Å². The lowest BCUT2D eigenvalue weighted by molar-refractivity contribution is -0.137. The standard InChI is InChI=1S/C23H23N3O4/c1-25(23-24-20-4-2-3-5-21(20)30-23)14-15-29-19-8-6-17(7-9-19)18-10-12-26(16-18)13-11-22(27)28/h2-10,12,16H,11,13-15H2,1H3,(H,27,28). The molecule has 0 atom stereocenters. The zero-order chi connectivity index (χ0) is 20.9. The Morgan fingerprint density at radius 1 is 1.13 bits per heavy atom. The van der Waals surface area contributed by atoms with E-state index in [1.54, 1.807) is 0 Å². The summed E-state index contributed by atoms with van der Waals surface area (Å²) in [7, 11) is 1.92. The van der Waals surface area contributed by atoms with Crippen LogP contribution in [0.5, 0.6) is 5.75 Å². The van der Waals surface area contributed by atoms with Crippen LogP contribution in [0.3, 0.4) is 0 Å². The van der Waals surface area contributed by atoms with Gasteiger partial charge >= 0.3 is 5.97 Å². The lowest BCUT2D eigenvalue weighted by atomic mass is 10.1. The molecule has 7 nitrogen and oxygen atoms in total. The SMILES string of the molecule is CN(CCOc1ccc(-c2ccn(CCC(=O)O)c2)cc1)c1nc2ccccc2o1. The number of rotatable bonds is 9. The van der Waals surface area contributed by atoms with Crippen LogP contribution in [-0.4, -0.2) is 40.8 Å². The van der Waals surface area contributed by atoms with E-state index in [-0.39, 0.29) is 6.42 Å². The van der Waals surface area contributed by atoms with E-state index >= 15 is 0 Å². The summed E-state index contributed by atoms with van der Waals surface area (Å²) in [5.74, 6) is -0.0106. The molecule has 0 fully saturated rings. The Morgan fingerprint density at radius 3 is 2.70 bits per heavy atom. The van der Waals surface area contributed by atoms with Crippen LogP contribution < -0.4 is 9.64 Å². The van der Waals surface area contributed by atoms with Crippen molar-refractivity contribution < 1.29 is 19.1 Å². The molecule has 1 N–H and O–H groups in total. The molecule has 0 aliphatic rings. The highest BCUT2D eigenvalue weighted by Crippen LogP contribution is 2.23. The lowest BCUT2D eigenvalue weighted by Crippen LogP contribution is -2.23. The minimum Gasteiger partial charge on any atom is -0.492 e. The summed E-state index contributed by atoms with van der Waals surface area (Å²) < 4.78 is 13.5. The number of nitrogens with zero attached hydrogens (tertiary/aromatic N) is 3. The number of benzene rings is 2. The summed E-state index contributed by atoms with van der Waals surface area (Å²) in [6.07, 6.45) is 3.96. The Bertz CT molecular complexity index is 1100. The molecule has 7 heteroatoms. The molecule has 0 radical (unpaired) electrons. The molecule has 2 heterocycles. The number of hydrogen-bond acceptors (Lipinski definition) is 5. The van der Waals surface area contributed by atoms with Crippen LogP contribution in [0.2, 0.25) is 0 Å². The summed E-state index contributed by atoms with van der Waals surface area (Å²) in [6.45, 7) is 1.60. The Hall–Kier alpha value is -3.74. The average Bonchev–Trinajstić information content (AvgIpc) is 3.40. The van der Waals surface area contributed by atoms with Gasteiger partial charge in [0.2, 0.25) is 0 Å². The molecule has 4 rings (SSSR count). The first-order valence-corrected chi connectivity index (χ1v) is 9.76. The molecule has 0 unspecified atom stereocenters. The number of likely N-dealkylation sites (N-methyl/N-ethyl adjacent to an activating group) is 1. The smallest absolute Gasteiger partial charge is 0.305 e. The average molecular weight is 405 g/mol. The van der Waals surface area contributed by atoms with Gasteiger partial charge in [0.25, 0.3) is 6.01 Å². The molecule has 0 saturated heterocycles. The van der Waals surface area contributed by atoms with E-state index in [1.165, 1.54) is 0 Å². The first-order valence-electron chi connectivity index (χ1n) is 9.76. The fraction of sp³-hybridized carbons (Fsp3) is 0.217. The summed E-state index contributed by atoms with van der Waals surface area (Å²) in [4.78, 5) is 17.1. The van der Waals surface area contributed by atoms with Crippen LogP contribution in [0.4, 0.5) is 6.01 Å². The van der Waals surface area contributed by atoms with Gasteiger partial charge in [-0.25, -0.2) is 0 Å². The minimum atomic E-state index is -0.798. The molecular formula is C23H23N3O4. The van der Waals surface area contributed by atoms with E-state index in [9.17, 15) is 4.79 Å². The zero-order valence-corrected chi connectivity index (χ0v) is 16.7. The van der Waals surface area contributed by atoms with E-state index in [0.717, 1.165) is 28.0 Å². The summed E-state index contributed by atoms with van der Waals surface area (Å²) in [6, 6.07) is 18.1. The number of hydrogen-bond donors (Lipinski definition) is 1. The Morgan fingerprint density at radius 2 is 1.93 bits per heavy atom. The second-order valence-corrected chi connectivity index (χ2v) is 7.04. The summed E-state index contributed by atoms with van der Waals surface area (Å²) >= 11 is 0. The first-order chi connectivity index (χ1) is 14.6. The summed E-state index contributed by atoms with van der Waals surface area (Å²) in [5, 5.41) is 8.79. The normalized spacial score (nSPS) is 11.0. The maximum absolute atomic E-state index is 10.7. The molecule has 0 saturated carbocycles. The Kier molecular flexibility index (Phi) is 5.70. The van der Waals surface area contributed by atoms with Crippen LogP contribution in [0.15, 0.2) is 71.4 Å². The molecule has 0 bridgehead atoms. The number of anilines is 1. The van der Waals surface area contributed by atoms with E-state index in [0.29, 0.717) is 25.7 Å². The third kappa shape index (κ3) is 4.63. The van der Waals surface area contributed by atoms with Crippen molar-refractivity contribution in [1.82, 2.24) is 9.55 Å². The van der Waals surface area contributed by atoms with Gasteiger partial charge in [-0.3, -0.25) is 4.79 Å². The molecule has 0 aliphatic heterocycles. The highest BCUT2D eigenvalue weighted by atomic mass is 16.5. The first kappa shape index (κ1) is 19.6. The van der Waals surface area contributed by atoms with Crippen molar-refractivity contribution in [3.8, 4) is 16.9 Å². The predicted molar refractivity (Wildman–Crippen MR) is 115 cm³/mol. The second kappa shape index (κ2) is 8.73. The van der Waals surface area contributed by atoms with E-state index in [4.69, 9.17) is 14.3 Å². The number of aryl methyl sites for hydroxylation is 1. The zero-order valence-electron chi connectivity index (χ0n) is 16.7. The monoisotopic (exact) mass is 405 g/mol. The van der Waals surface area contributed by atoms with Crippen LogP contribution in [0, 0.1) is 0 Å². The van der Waals surface area contributed by atoms with Crippen LogP contribution in [0.25, 0.3) is 22.2 Å². The van der Waals surface area contributed by atoms with Crippen LogP contribution in [-0.2, 0) is 11.3 Å². The molecular weight excluding hydrogens is 382 g/mol. The number of aliphatic carboxylic acids is 1. The number of carboxylic acids is 1. The van der Waals surface area contributed by atoms with Crippen molar-refractivity contribution in [2.45, 2.75) is 13.0 Å². The minimum absolute atomic E-state index is 0.110. The van der Waals surface area contributed by atoms with Gasteiger partial charge in [-0.1, -0.05) is 24.3 Å². The fourth-order valence-electron chi connectivity index (χ4n) is 3.14. The van der Waals surface area contributed by atoms with Crippen LogP contribution >= 0.6 is 0 Å². The van der Waals surface area contributed by atoms with Crippen molar-refractivity contribution in [3.05, 3.63) is 67.0 Å². The number of carboxylic acid groups (broad SMARTS) is 1. The predicted octanol–water partition coefficient (Wildman–Crippen LogP) is 4.29. The van der Waals surface area contributed by atoms with E-state index < -0.39 is 5.97 Å². The van der Waals surface area contributed by atoms with Crippen molar-refractivity contribution in [1.29, 1.82) is 0 Å². The maximum atomic E-state index is 10.7. The molecule has 154 valence electrons. The van der Waals surface area contributed by atoms with Gasteiger partial charge in [0.1, 0.15) is 17.9 Å². The molecule has 2 aromatic heterocycles. The van der Waals surface area contributed by atoms with Gasteiger partial charge in [-0.05, 0) is 41.5 Å². The number of aromatic nitrogens is 2. The molecule has 0 amide bonds. The number of ether oxygens (including phenoxy) is 1. The van der Waals surface area contributed by atoms with Gasteiger partial charge in [0.15, 0.2) is 5.58 Å². The molecule has 4 aromatic rings. The number of carbonyl (C=O) groups is 1.